The van der Waals surface area contributed by atoms with Gasteiger partial charge in [-0.15, -0.1) is 0 Å². The minimum Gasteiger partial charge on any atom is -0.345 e. The van der Waals surface area contributed by atoms with Gasteiger partial charge in [0.15, 0.2) is 5.57 Å². The van der Waals surface area contributed by atoms with Crippen LogP contribution in [0.1, 0.15) is 0 Å². The van der Waals surface area contributed by atoms with Crippen LogP contribution in [0.25, 0.3) is 22.4 Å². The summed E-state index contributed by atoms with van der Waals surface area (Å²) in [6.45, 7) is 0. The first kappa shape index (κ1) is 14.8. The van der Waals surface area contributed by atoms with Crippen molar-refractivity contribution >= 4 is 16.7 Å². The van der Waals surface area contributed by atoms with Crippen molar-refractivity contribution in [3.63, 3.8) is 0 Å². The third-order valence-electron chi connectivity index (χ3n) is 3.38. The van der Waals surface area contributed by atoms with Crippen molar-refractivity contribution in [2.24, 2.45) is 0 Å². The van der Waals surface area contributed by atoms with Crippen molar-refractivity contribution in [1.29, 1.82) is 15.8 Å². The zero-order chi connectivity index (χ0) is 16.9. The lowest BCUT2D eigenvalue weighted by molar-refractivity contribution is 1.33. The Morgan fingerprint density at radius 3 is 2.46 bits per heavy atom. The molecule has 0 unspecified atom stereocenters. The lowest BCUT2D eigenvalue weighted by atomic mass is 10.1. The molecule has 1 aromatic heterocycles. The maximum absolute atomic E-state index is 9.11. The minimum absolute atomic E-state index is 0.0817. The normalized spacial score (nSPS) is 9.54. The van der Waals surface area contributed by atoms with E-state index in [0.717, 1.165) is 16.6 Å². The molecule has 0 fully saturated rings. The fourth-order valence-electron chi connectivity index (χ4n) is 2.26. The maximum atomic E-state index is 9.11. The van der Waals surface area contributed by atoms with Crippen LogP contribution in [0.4, 0.5) is 5.69 Å². The zero-order valence-corrected chi connectivity index (χ0v) is 12.4. The average molecular weight is 310 g/mol. The van der Waals surface area contributed by atoms with Crippen LogP contribution in [0.5, 0.6) is 0 Å². The highest BCUT2D eigenvalue weighted by atomic mass is 14.9. The number of allylic oxidation sites excluding steroid dienone is 2. The molecule has 0 saturated heterocycles. The Labute approximate surface area is 137 Å². The molecule has 0 aliphatic rings. The number of hydrogen-bond acceptors (Lipinski definition) is 5. The molecule has 3 rings (SSSR count). The number of aromatic nitrogens is 2. The number of nitriles is 3. The topological polar surface area (TPSA) is 112 Å². The maximum Gasteiger partial charge on any atom is 0.163 e. The zero-order valence-electron chi connectivity index (χ0n) is 12.4. The number of benzene rings is 2. The Hall–Kier alpha value is -4.08. The number of imidazole rings is 1. The van der Waals surface area contributed by atoms with Crippen molar-refractivity contribution in [3.05, 3.63) is 59.8 Å². The van der Waals surface area contributed by atoms with Gasteiger partial charge in [0.1, 0.15) is 29.7 Å². The second-order valence-electron chi connectivity index (χ2n) is 4.89. The summed E-state index contributed by atoms with van der Waals surface area (Å²) in [5.41, 5.74) is 2.87. The summed E-state index contributed by atoms with van der Waals surface area (Å²) < 4.78 is 0. The summed E-state index contributed by atoms with van der Waals surface area (Å²) in [7, 11) is 0. The molecule has 24 heavy (non-hydrogen) atoms. The number of fused-ring (bicyclic) bond motifs is 1. The van der Waals surface area contributed by atoms with Gasteiger partial charge in [0.05, 0.1) is 11.0 Å². The molecule has 0 amide bonds. The Bertz CT molecular complexity index is 1020. The number of hydrogen-bond donors (Lipinski definition) is 2. The minimum atomic E-state index is -0.258. The Morgan fingerprint density at radius 2 is 1.75 bits per heavy atom. The van der Waals surface area contributed by atoms with E-state index in [1.807, 2.05) is 36.4 Å². The number of para-hydroxylation sites is 2. The van der Waals surface area contributed by atoms with Crippen LogP contribution in [0.3, 0.4) is 0 Å². The van der Waals surface area contributed by atoms with Crippen LogP contribution < -0.4 is 5.32 Å². The van der Waals surface area contributed by atoms with Crippen molar-refractivity contribution in [2.75, 3.05) is 5.32 Å². The van der Waals surface area contributed by atoms with Gasteiger partial charge in [-0.05, 0) is 24.3 Å². The van der Waals surface area contributed by atoms with Gasteiger partial charge < -0.3 is 10.3 Å². The van der Waals surface area contributed by atoms with Gasteiger partial charge in [-0.2, -0.15) is 15.8 Å². The summed E-state index contributed by atoms with van der Waals surface area (Å²) in [5.74, 6) is 0.697. The lowest BCUT2D eigenvalue weighted by Crippen LogP contribution is -2.00. The molecule has 0 saturated carbocycles. The Balaban J connectivity index is 1.98. The van der Waals surface area contributed by atoms with E-state index in [1.54, 1.807) is 30.3 Å². The molecule has 0 atom stereocenters. The van der Waals surface area contributed by atoms with Gasteiger partial charge in [0.25, 0.3) is 0 Å². The molecule has 0 bridgehead atoms. The highest BCUT2D eigenvalue weighted by molar-refractivity contribution is 5.80. The number of aromatic amines is 1. The Morgan fingerprint density at radius 1 is 0.958 bits per heavy atom. The van der Waals surface area contributed by atoms with Crippen LogP contribution in [-0.2, 0) is 0 Å². The molecule has 0 spiro atoms. The van der Waals surface area contributed by atoms with E-state index in [9.17, 15) is 0 Å². The molecule has 3 aromatic rings. The van der Waals surface area contributed by atoms with Gasteiger partial charge >= 0.3 is 0 Å². The van der Waals surface area contributed by atoms with Crippen LogP contribution in [0.2, 0.25) is 0 Å². The number of nitrogens with zero attached hydrogens (tertiary/aromatic N) is 4. The van der Waals surface area contributed by atoms with Crippen LogP contribution in [-0.4, -0.2) is 9.97 Å². The molecule has 0 aliphatic heterocycles. The largest absolute Gasteiger partial charge is 0.345 e. The molecule has 1 heterocycles. The van der Waals surface area contributed by atoms with Crippen molar-refractivity contribution in [1.82, 2.24) is 9.97 Å². The molecule has 6 nitrogen and oxygen atoms in total. The number of anilines is 1. The number of nitrogens with one attached hydrogen (secondary N) is 2. The van der Waals surface area contributed by atoms with E-state index in [2.05, 4.69) is 15.3 Å². The summed E-state index contributed by atoms with van der Waals surface area (Å²) in [6.07, 6.45) is 0. The van der Waals surface area contributed by atoms with Gasteiger partial charge in [0.2, 0.25) is 0 Å². The van der Waals surface area contributed by atoms with Crippen LogP contribution in [0.15, 0.2) is 59.8 Å². The Kier molecular flexibility index (Phi) is 3.93. The molecule has 2 aromatic carbocycles. The second kappa shape index (κ2) is 6.36. The van der Waals surface area contributed by atoms with Gasteiger partial charge in [-0.1, -0.05) is 24.3 Å². The fourth-order valence-corrected chi connectivity index (χ4v) is 2.26. The standard InChI is InChI=1S/C18H10N6/c19-9-13(10-20)17(11-21)22-14-5-3-4-12(8-14)18-23-15-6-1-2-7-16(15)24-18/h1-8,22H,(H,23,24). The summed E-state index contributed by atoms with van der Waals surface area (Å²) in [5, 5.41) is 29.7. The van der Waals surface area contributed by atoms with Crippen molar-refractivity contribution in [2.45, 2.75) is 0 Å². The molecular weight excluding hydrogens is 300 g/mol. The van der Waals surface area contributed by atoms with Crippen molar-refractivity contribution in [3.8, 4) is 29.6 Å². The van der Waals surface area contributed by atoms with Crippen LogP contribution >= 0.6 is 0 Å². The summed E-state index contributed by atoms with van der Waals surface area (Å²) in [6, 6.07) is 20.2. The lowest BCUT2D eigenvalue weighted by Gasteiger charge is -2.06. The predicted molar refractivity (Wildman–Crippen MR) is 89.0 cm³/mol. The smallest absolute Gasteiger partial charge is 0.163 e. The first-order valence-electron chi connectivity index (χ1n) is 7.02. The van der Waals surface area contributed by atoms with E-state index in [-0.39, 0.29) is 11.3 Å². The SMILES string of the molecule is N#CC(C#N)=C(C#N)Nc1cccc(-c2nc3ccccc3[nH]2)c1. The monoisotopic (exact) mass is 310 g/mol. The summed E-state index contributed by atoms with van der Waals surface area (Å²) in [4.78, 5) is 7.76. The first-order valence-corrected chi connectivity index (χ1v) is 7.02. The van der Waals surface area contributed by atoms with Crippen LogP contribution in [0, 0.1) is 34.0 Å². The van der Waals surface area contributed by atoms with Crippen molar-refractivity contribution < 1.29 is 0 Å². The van der Waals surface area contributed by atoms with Gasteiger partial charge in [-0.25, -0.2) is 4.98 Å². The number of rotatable bonds is 3. The van der Waals surface area contributed by atoms with Gasteiger partial charge in [0, 0.05) is 11.3 Å². The molecule has 2 N–H and O–H groups in total. The molecular formula is C18H10N6. The molecule has 0 aliphatic carbocycles. The molecule has 6 heteroatoms. The number of H-pyrrole nitrogens is 1. The second-order valence-corrected chi connectivity index (χ2v) is 4.89. The third kappa shape index (κ3) is 2.78. The van der Waals surface area contributed by atoms with E-state index >= 15 is 0 Å². The highest BCUT2D eigenvalue weighted by Crippen LogP contribution is 2.23. The van der Waals surface area contributed by atoms with Gasteiger partial charge in [-0.3, -0.25) is 0 Å². The highest BCUT2D eigenvalue weighted by Gasteiger charge is 2.08. The van der Waals surface area contributed by atoms with E-state index in [1.165, 1.54) is 0 Å². The fraction of sp³-hybridized carbons (Fsp3) is 0. The quantitative estimate of drug-likeness (QED) is 0.719. The third-order valence-corrected chi connectivity index (χ3v) is 3.38. The predicted octanol–water partition coefficient (Wildman–Crippen LogP) is 3.47. The summed E-state index contributed by atoms with van der Waals surface area (Å²) >= 11 is 0. The van der Waals surface area contributed by atoms with E-state index in [4.69, 9.17) is 15.8 Å². The molecule has 112 valence electrons. The van der Waals surface area contributed by atoms with E-state index in [0.29, 0.717) is 11.5 Å². The van der Waals surface area contributed by atoms with E-state index < -0.39 is 0 Å². The average Bonchev–Trinajstić information content (AvgIpc) is 3.06. The molecule has 0 radical (unpaired) electrons. The first-order chi connectivity index (χ1) is 11.7.